The Morgan fingerprint density at radius 1 is 1.11 bits per heavy atom. The molecule has 2 heterocycles. The van der Waals surface area contributed by atoms with E-state index < -0.39 is 0 Å². The first kappa shape index (κ1) is 11.9. The zero-order chi connectivity index (χ0) is 13.1. The van der Waals surface area contributed by atoms with Gasteiger partial charge in [-0.2, -0.15) is 0 Å². The Morgan fingerprint density at radius 2 is 1.84 bits per heavy atom. The van der Waals surface area contributed by atoms with E-state index in [-0.39, 0.29) is 0 Å². The lowest BCUT2D eigenvalue weighted by Gasteiger charge is -2.27. The lowest BCUT2D eigenvalue weighted by molar-refractivity contribution is 0.368. The first-order chi connectivity index (χ1) is 9.40. The van der Waals surface area contributed by atoms with Crippen molar-refractivity contribution in [1.29, 1.82) is 0 Å². The molecule has 2 aromatic rings. The fourth-order valence-corrected chi connectivity index (χ4v) is 2.60. The van der Waals surface area contributed by atoms with Gasteiger partial charge in [-0.3, -0.25) is 9.98 Å². The van der Waals surface area contributed by atoms with Gasteiger partial charge >= 0.3 is 0 Å². The minimum Gasteiger partial charge on any atom is -0.348 e. The molecular formula is C16H17N3. The van der Waals surface area contributed by atoms with Crippen LogP contribution in [0.4, 0.5) is 0 Å². The van der Waals surface area contributed by atoms with Gasteiger partial charge in [-0.05, 0) is 24.6 Å². The summed E-state index contributed by atoms with van der Waals surface area (Å²) in [5.41, 5.74) is 2.48. The Balaban J connectivity index is 1.90. The van der Waals surface area contributed by atoms with Gasteiger partial charge < -0.3 is 4.90 Å². The molecule has 0 saturated heterocycles. The van der Waals surface area contributed by atoms with Crippen molar-refractivity contribution in [3.8, 4) is 0 Å². The minimum absolute atomic E-state index is 0.356. The zero-order valence-electron chi connectivity index (χ0n) is 11.0. The summed E-state index contributed by atoms with van der Waals surface area (Å²) in [5.74, 6) is 1.08. The molecule has 1 atom stereocenters. The predicted molar refractivity (Wildman–Crippen MR) is 77.2 cm³/mol. The second-order valence-corrected chi connectivity index (χ2v) is 4.61. The zero-order valence-corrected chi connectivity index (χ0v) is 11.0. The number of likely N-dealkylation sites (N-methyl/N-ethyl adjacent to an activating group) is 1. The molecule has 0 amide bonds. The van der Waals surface area contributed by atoms with Crippen molar-refractivity contribution in [1.82, 2.24) is 9.88 Å². The molecule has 96 valence electrons. The third kappa shape index (κ3) is 2.24. The Morgan fingerprint density at radius 3 is 2.53 bits per heavy atom. The van der Waals surface area contributed by atoms with E-state index in [1.165, 1.54) is 5.56 Å². The fourth-order valence-electron chi connectivity index (χ4n) is 2.60. The summed E-state index contributed by atoms with van der Waals surface area (Å²) in [6.45, 7) is 3.97. The van der Waals surface area contributed by atoms with Crippen LogP contribution in [0.15, 0.2) is 59.9 Å². The summed E-state index contributed by atoms with van der Waals surface area (Å²) in [6.07, 6.45) is 3.64. The summed E-state index contributed by atoms with van der Waals surface area (Å²) in [4.78, 5) is 11.2. The van der Waals surface area contributed by atoms with Crippen LogP contribution in [-0.2, 0) is 0 Å². The number of hydrogen-bond donors (Lipinski definition) is 0. The maximum Gasteiger partial charge on any atom is 0.131 e. The number of benzene rings is 1. The average molecular weight is 251 g/mol. The lowest BCUT2D eigenvalue weighted by atomic mass is 10.1. The van der Waals surface area contributed by atoms with Crippen molar-refractivity contribution in [3.63, 3.8) is 0 Å². The van der Waals surface area contributed by atoms with E-state index in [0.717, 1.165) is 24.5 Å². The second-order valence-electron chi connectivity index (χ2n) is 4.61. The van der Waals surface area contributed by atoms with Crippen LogP contribution in [0.1, 0.15) is 24.1 Å². The van der Waals surface area contributed by atoms with Gasteiger partial charge in [0.25, 0.3) is 0 Å². The predicted octanol–water partition coefficient (Wildman–Crippen LogP) is 2.91. The number of pyridine rings is 1. The monoisotopic (exact) mass is 251 g/mol. The van der Waals surface area contributed by atoms with Gasteiger partial charge in [-0.15, -0.1) is 0 Å². The molecule has 3 nitrogen and oxygen atoms in total. The summed E-state index contributed by atoms with van der Waals surface area (Å²) < 4.78 is 0. The van der Waals surface area contributed by atoms with E-state index in [1.54, 1.807) is 0 Å². The highest BCUT2D eigenvalue weighted by Crippen LogP contribution is 2.28. The van der Waals surface area contributed by atoms with E-state index in [0.29, 0.717) is 6.04 Å². The van der Waals surface area contributed by atoms with E-state index in [4.69, 9.17) is 4.99 Å². The fraction of sp³-hybridized carbons (Fsp3) is 0.250. The van der Waals surface area contributed by atoms with Crippen molar-refractivity contribution in [3.05, 3.63) is 66.0 Å². The van der Waals surface area contributed by atoms with Crippen molar-refractivity contribution in [2.24, 2.45) is 4.99 Å². The van der Waals surface area contributed by atoms with Crippen molar-refractivity contribution < 1.29 is 0 Å². The molecule has 1 aromatic heterocycles. The number of aliphatic imine (C=N–C) groups is 1. The summed E-state index contributed by atoms with van der Waals surface area (Å²) >= 11 is 0. The number of rotatable bonds is 3. The van der Waals surface area contributed by atoms with Gasteiger partial charge in [0.2, 0.25) is 0 Å². The Bertz CT molecular complexity index is 563. The minimum atomic E-state index is 0.356. The molecule has 0 radical (unpaired) electrons. The first-order valence-corrected chi connectivity index (χ1v) is 6.66. The van der Waals surface area contributed by atoms with Crippen molar-refractivity contribution in [2.75, 3.05) is 13.1 Å². The maximum absolute atomic E-state index is 4.73. The molecular weight excluding hydrogens is 234 g/mol. The summed E-state index contributed by atoms with van der Waals surface area (Å²) in [5, 5.41) is 0. The Hall–Kier alpha value is -2.16. The SMILES string of the molecule is CCN1C(c2ccncc2)=NC[C@H]1c1ccccc1. The van der Waals surface area contributed by atoms with Crippen LogP contribution in [0.2, 0.25) is 0 Å². The van der Waals surface area contributed by atoms with Gasteiger partial charge in [0.15, 0.2) is 0 Å². The Kier molecular flexibility index (Phi) is 3.27. The number of aromatic nitrogens is 1. The normalized spacial score (nSPS) is 18.5. The topological polar surface area (TPSA) is 28.5 Å². The maximum atomic E-state index is 4.73. The molecule has 3 rings (SSSR count). The van der Waals surface area contributed by atoms with E-state index in [1.807, 2.05) is 24.5 Å². The van der Waals surface area contributed by atoms with Crippen LogP contribution in [0, 0.1) is 0 Å². The van der Waals surface area contributed by atoms with Crippen LogP contribution in [0.5, 0.6) is 0 Å². The van der Waals surface area contributed by atoms with Crippen LogP contribution < -0.4 is 0 Å². The molecule has 1 aromatic carbocycles. The van der Waals surface area contributed by atoms with Crippen LogP contribution in [-0.4, -0.2) is 28.8 Å². The van der Waals surface area contributed by atoms with Crippen LogP contribution in [0.3, 0.4) is 0 Å². The van der Waals surface area contributed by atoms with E-state index in [9.17, 15) is 0 Å². The summed E-state index contributed by atoms with van der Waals surface area (Å²) in [7, 11) is 0. The molecule has 0 unspecified atom stereocenters. The summed E-state index contributed by atoms with van der Waals surface area (Å²) in [6, 6.07) is 15.0. The first-order valence-electron chi connectivity index (χ1n) is 6.66. The third-order valence-electron chi connectivity index (χ3n) is 3.53. The molecule has 1 aliphatic rings. The highest BCUT2D eigenvalue weighted by molar-refractivity contribution is 6.00. The largest absolute Gasteiger partial charge is 0.348 e. The van der Waals surface area contributed by atoms with Crippen LogP contribution >= 0.6 is 0 Å². The van der Waals surface area contributed by atoms with Gasteiger partial charge in [0, 0.05) is 24.5 Å². The highest BCUT2D eigenvalue weighted by atomic mass is 15.3. The molecule has 3 heteroatoms. The lowest BCUT2D eigenvalue weighted by Crippen LogP contribution is -2.31. The number of nitrogens with zero attached hydrogens (tertiary/aromatic N) is 3. The molecule has 1 aliphatic heterocycles. The van der Waals surface area contributed by atoms with Crippen molar-refractivity contribution in [2.45, 2.75) is 13.0 Å². The smallest absolute Gasteiger partial charge is 0.131 e. The average Bonchev–Trinajstić information content (AvgIpc) is 2.93. The molecule has 0 spiro atoms. The molecule has 0 fully saturated rings. The van der Waals surface area contributed by atoms with E-state index >= 15 is 0 Å². The van der Waals surface area contributed by atoms with Crippen LogP contribution in [0.25, 0.3) is 0 Å². The van der Waals surface area contributed by atoms with Gasteiger partial charge in [-0.1, -0.05) is 30.3 Å². The van der Waals surface area contributed by atoms with Gasteiger partial charge in [0.05, 0.1) is 12.6 Å². The molecule has 0 bridgehead atoms. The van der Waals surface area contributed by atoms with E-state index in [2.05, 4.69) is 47.1 Å². The van der Waals surface area contributed by atoms with Gasteiger partial charge in [-0.25, -0.2) is 0 Å². The third-order valence-corrected chi connectivity index (χ3v) is 3.53. The standard InChI is InChI=1S/C16H17N3/c1-2-19-15(13-6-4-3-5-7-13)12-18-16(19)14-8-10-17-11-9-14/h3-11,15H,2,12H2,1H3/t15-/m0/s1. The van der Waals surface area contributed by atoms with Crippen molar-refractivity contribution >= 4 is 5.84 Å². The Labute approximate surface area is 113 Å². The second kappa shape index (κ2) is 5.22. The molecule has 0 saturated carbocycles. The molecule has 0 aliphatic carbocycles. The number of hydrogen-bond acceptors (Lipinski definition) is 3. The quantitative estimate of drug-likeness (QED) is 0.839. The van der Waals surface area contributed by atoms with Gasteiger partial charge in [0.1, 0.15) is 5.84 Å². The highest BCUT2D eigenvalue weighted by Gasteiger charge is 2.28. The molecule has 0 N–H and O–H groups in total. The number of amidine groups is 1. The molecule has 19 heavy (non-hydrogen) atoms.